The molecule has 50 valence electrons. The standard InChI is InChI=1S/C7H11NO/c8-4-3-6-1-2-7(9)5-6/h5H,1-4,8H2. The normalized spacial score (nSPS) is 18.3. The number of allylic oxidation sites excluding steroid dienone is 1. The van der Waals surface area contributed by atoms with Gasteiger partial charge in [-0.3, -0.25) is 4.79 Å². The summed E-state index contributed by atoms with van der Waals surface area (Å²) >= 11 is 0. The molecule has 0 aromatic carbocycles. The molecule has 0 amide bonds. The number of rotatable bonds is 2. The van der Waals surface area contributed by atoms with Gasteiger partial charge in [-0.25, -0.2) is 0 Å². The maximum absolute atomic E-state index is 10.6. The summed E-state index contributed by atoms with van der Waals surface area (Å²) in [6.45, 7) is 0.666. The molecule has 0 saturated heterocycles. The van der Waals surface area contributed by atoms with Crippen molar-refractivity contribution in [1.29, 1.82) is 0 Å². The number of nitrogens with two attached hydrogens (primary N) is 1. The summed E-state index contributed by atoms with van der Waals surface area (Å²) < 4.78 is 0. The summed E-state index contributed by atoms with van der Waals surface area (Å²) in [7, 11) is 0. The summed E-state index contributed by atoms with van der Waals surface area (Å²) in [4.78, 5) is 10.6. The van der Waals surface area contributed by atoms with Gasteiger partial charge in [-0.1, -0.05) is 5.57 Å². The smallest absolute Gasteiger partial charge is 0.155 e. The Morgan fingerprint density at radius 1 is 1.56 bits per heavy atom. The Bertz CT molecular complexity index is 149. The monoisotopic (exact) mass is 125 g/mol. The van der Waals surface area contributed by atoms with Gasteiger partial charge < -0.3 is 5.73 Å². The van der Waals surface area contributed by atoms with Crippen LogP contribution in [0.5, 0.6) is 0 Å². The Hall–Kier alpha value is -0.630. The van der Waals surface area contributed by atoms with Crippen molar-refractivity contribution < 1.29 is 4.79 Å². The van der Waals surface area contributed by atoms with Crippen LogP contribution in [0, 0.1) is 0 Å². The molecule has 0 saturated carbocycles. The number of hydrogen-bond donors (Lipinski definition) is 1. The van der Waals surface area contributed by atoms with E-state index in [1.54, 1.807) is 6.08 Å². The minimum Gasteiger partial charge on any atom is -0.330 e. The largest absolute Gasteiger partial charge is 0.330 e. The Morgan fingerprint density at radius 2 is 2.33 bits per heavy atom. The molecular weight excluding hydrogens is 114 g/mol. The molecule has 0 spiro atoms. The van der Waals surface area contributed by atoms with E-state index < -0.39 is 0 Å². The van der Waals surface area contributed by atoms with Gasteiger partial charge in [0.15, 0.2) is 5.78 Å². The van der Waals surface area contributed by atoms with Crippen LogP contribution >= 0.6 is 0 Å². The minimum atomic E-state index is 0.262. The van der Waals surface area contributed by atoms with E-state index in [1.807, 2.05) is 0 Å². The maximum Gasteiger partial charge on any atom is 0.155 e. The fraction of sp³-hybridized carbons (Fsp3) is 0.571. The highest BCUT2D eigenvalue weighted by Crippen LogP contribution is 2.16. The second kappa shape index (κ2) is 2.78. The van der Waals surface area contributed by atoms with Gasteiger partial charge in [0.1, 0.15) is 0 Å². The highest BCUT2D eigenvalue weighted by molar-refractivity contribution is 5.92. The molecule has 0 fully saturated rings. The molecule has 1 aliphatic carbocycles. The van der Waals surface area contributed by atoms with E-state index in [1.165, 1.54) is 5.57 Å². The zero-order chi connectivity index (χ0) is 6.69. The van der Waals surface area contributed by atoms with E-state index >= 15 is 0 Å². The second-order valence-electron chi connectivity index (χ2n) is 2.31. The highest BCUT2D eigenvalue weighted by atomic mass is 16.1. The molecule has 0 aromatic rings. The van der Waals surface area contributed by atoms with E-state index in [4.69, 9.17) is 5.73 Å². The summed E-state index contributed by atoms with van der Waals surface area (Å²) in [6.07, 6.45) is 4.27. The fourth-order valence-electron chi connectivity index (χ4n) is 1.04. The van der Waals surface area contributed by atoms with Crippen molar-refractivity contribution in [3.8, 4) is 0 Å². The van der Waals surface area contributed by atoms with Gasteiger partial charge >= 0.3 is 0 Å². The molecule has 2 nitrogen and oxygen atoms in total. The van der Waals surface area contributed by atoms with Gasteiger partial charge in [-0.05, 0) is 25.5 Å². The van der Waals surface area contributed by atoms with Crippen LogP contribution in [0.4, 0.5) is 0 Å². The Balaban J connectivity index is 2.42. The number of carbonyl (C=O) groups is 1. The van der Waals surface area contributed by atoms with Crippen LogP contribution in [-0.4, -0.2) is 12.3 Å². The van der Waals surface area contributed by atoms with E-state index in [0.29, 0.717) is 13.0 Å². The minimum absolute atomic E-state index is 0.262. The van der Waals surface area contributed by atoms with E-state index in [0.717, 1.165) is 12.8 Å². The lowest BCUT2D eigenvalue weighted by Crippen LogP contribution is -1.98. The predicted octanol–water partition coefficient (Wildman–Crippen LogP) is 0.625. The zero-order valence-electron chi connectivity index (χ0n) is 5.39. The first-order valence-corrected chi connectivity index (χ1v) is 3.25. The van der Waals surface area contributed by atoms with Crippen molar-refractivity contribution in [2.75, 3.05) is 6.54 Å². The Morgan fingerprint density at radius 3 is 2.78 bits per heavy atom. The molecule has 0 radical (unpaired) electrons. The number of hydrogen-bond acceptors (Lipinski definition) is 2. The van der Waals surface area contributed by atoms with Crippen molar-refractivity contribution in [1.82, 2.24) is 0 Å². The third-order valence-corrected chi connectivity index (χ3v) is 1.52. The van der Waals surface area contributed by atoms with Crippen molar-refractivity contribution in [3.63, 3.8) is 0 Å². The molecule has 2 heteroatoms. The molecule has 0 unspecified atom stereocenters. The topological polar surface area (TPSA) is 43.1 Å². The quantitative estimate of drug-likeness (QED) is 0.588. The van der Waals surface area contributed by atoms with Crippen LogP contribution < -0.4 is 5.73 Å². The van der Waals surface area contributed by atoms with Crippen LogP contribution in [0.2, 0.25) is 0 Å². The molecule has 0 aromatic heterocycles. The fourth-order valence-corrected chi connectivity index (χ4v) is 1.04. The van der Waals surface area contributed by atoms with Crippen molar-refractivity contribution in [2.45, 2.75) is 19.3 Å². The summed E-state index contributed by atoms with van der Waals surface area (Å²) in [5, 5.41) is 0. The Kier molecular flexibility index (Phi) is 2.01. The van der Waals surface area contributed by atoms with Crippen LogP contribution in [0.25, 0.3) is 0 Å². The van der Waals surface area contributed by atoms with Crippen molar-refractivity contribution >= 4 is 5.78 Å². The van der Waals surface area contributed by atoms with E-state index in [2.05, 4.69) is 0 Å². The second-order valence-corrected chi connectivity index (χ2v) is 2.31. The molecule has 1 rings (SSSR count). The molecule has 2 N–H and O–H groups in total. The van der Waals surface area contributed by atoms with Crippen LogP contribution in [0.1, 0.15) is 19.3 Å². The predicted molar refractivity (Wildman–Crippen MR) is 36.0 cm³/mol. The molecule has 0 aliphatic heterocycles. The molecular formula is C7H11NO. The first kappa shape index (κ1) is 6.49. The number of ketones is 1. The van der Waals surface area contributed by atoms with Crippen molar-refractivity contribution in [3.05, 3.63) is 11.6 Å². The van der Waals surface area contributed by atoms with Gasteiger partial charge in [0, 0.05) is 6.42 Å². The molecule has 0 atom stereocenters. The molecule has 0 bridgehead atoms. The van der Waals surface area contributed by atoms with Gasteiger partial charge in [0.25, 0.3) is 0 Å². The van der Waals surface area contributed by atoms with Gasteiger partial charge in [-0.2, -0.15) is 0 Å². The van der Waals surface area contributed by atoms with Crippen LogP contribution in [-0.2, 0) is 4.79 Å². The SMILES string of the molecule is NCCC1=CC(=O)CC1. The van der Waals surface area contributed by atoms with Crippen molar-refractivity contribution in [2.24, 2.45) is 5.73 Å². The molecule has 0 heterocycles. The summed E-state index contributed by atoms with van der Waals surface area (Å²) in [5.41, 5.74) is 6.53. The average Bonchev–Trinajstić information content (AvgIpc) is 2.17. The van der Waals surface area contributed by atoms with Gasteiger partial charge in [0.05, 0.1) is 0 Å². The van der Waals surface area contributed by atoms with Crippen LogP contribution in [0.15, 0.2) is 11.6 Å². The van der Waals surface area contributed by atoms with Crippen LogP contribution in [0.3, 0.4) is 0 Å². The highest BCUT2D eigenvalue weighted by Gasteiger charge is 2.09. The first-order valence-electron chi connectivity index (χ1n) is 3.25. The van der Waals surface area contributed by atoms with E-state index in [9.17, 15) is 4.79 Å². The van der Waals surface area contributed by atoms with E-state index in [-0.39, 0.29) is 5.78 Å². The third-order valence-electron chi connectivity index (χ3n) is 1.52. The average molecular weight is 125 g/mol. The summed E-state index contributed by atoms with van der Waals surface area (Å²) in [5.74, 6) is 0.262. The zero-order valence-corrected chi connectivity index (χ0v) is 5.39. The maximum atomic E-state index is 10.6. The molecule has 9 heavy (non-hydrogen) atoms. The van der Waals surface area contributed by atoms with Gasteiger partial charge in [-0.15, -0.1) is 0 Å². The Labute approximate surface area is 54.7 Å². The lowest BCUT2D eigenvalue weighted by molar-refractivity contribution is -0.114. The summed E-state index contributed by atoms with van der Waals surface area (Å²) in [6, 6.07) is 0. The lowest BCUT2D eigenvalue weighted by Gasteiger charge is -1.93. The first-order chi connectivity index (χ1) is 4.33. The van der Waals surface area contributed by atoms with Gasteiger partial charge in [0.2, 0.25) is 0 Å². The molecule has 1 aliphatic rings. The number of carbonyl (C=O) groups excluding carboxylic acids is 1. The third kappa shape index (κ3) is 1.64. The lowest BCUT2D eigenvalue weighted by atomic mass is 10.2.